The molecule has 0 fully saturated rings. The van der Waals surface area contributed by atoms with Crippen molar-refractivity contribution in [1.82, 2.24) is 4.98 Å². The van der Waals surface area contributed by atoms with E-state index < -0.39 is 23.6 Å². The largest absolute Gasteiger partial charge is 0.433 e. The fourth-order valence-electron chi connectivity index (χ4n) is 1.31. The second-order valence-electron chi connectivity index (χ2n) is 3.62. The van der Waals surface area contributed by atoms with Gasteiger partial charge in [-0.1, -0.05) is 0 Å². The van der Waals surface area contributed by atoms with E-state index in [-0.39, 0.29) is 43.6 Å². The van der Waals surface area contributed by atoms with E-state index in [0.717, 1.165) is 0 Å². The first-order valence-corrected chi connectivity index (χ1v) is 5.00. The van der Waals surface area contributed by atoms with Crippen LogP contribution in [0.4, 0.5) is 26.3 Å². The molecule has 0 saturated heterocycles. The van der Waals surface area contributed by atoms with Crippen molar-refractivity contribution in [3.8, 4) is 0 Å². The number of hydrogen-bond acceptors (Lipinski definition) is 2. The molecule has 0 aliphatic rings. The second kappa shape index (κ2) is 6.42. The summed E-state index contributed by atoms with van der Waals surface area (Å²) in [4.78, 5) is 3.18. The van der Waals surface area contributed by atoms with Crippen LogP contribution in [0.25, 0.3) is 0 Å². The van der Waals surface area contributed by atoms with Gasteiger partial charge in [-0.25, -0.2) is 4.98 Å². The molecule has 2 nitrogen and oxygen atoms in total. The molecule has 0 radical (unpaired) electrons. The normalized spacial score (nSPS) is 12.2. The number of aromatic nitrogens is 1. The summed E-state index contributed by atoms with van der Waals surface area (Å²) in [5, 5.41) is 0. The Morgan fingerprint density at radius 3 is 2.00 bits per heavy atom. The number of pyridine rings is 1. The molecule has 0 amide bonds. The minimum atomic E-state index is -4.90. The lowest BCUT2D eigenvalue weighted by molar-refractivity contribution is -0.145. The highest BCUT2D eigenvalue weighted by Crippen LogP contribution is 2.34. The van der Waals surface area contributed by atoms with Crippen molar-refractivity contribution in [2.24, 2.45) is 5.73 Å². The lowest BCUT2D eigenvalue weighted by atomic mass is 10.1. The molecular weight excluding hydrogens is 298 g/mol. The molecule has 0 aromatic carbocycles. The van der Waals surface area contributed by atoms with Gasteiger partial charge in [0.05, 0.1) is 5.56 Å². The highest BCUT2D eigenvalue weighted by atomic mass is 35.5. The summed E-state index contributed by atoms with van der Waals surface area (Å²) in [7, 11) is 0. The molecule has 0 aliphatic heterocycles. The van der Waals surface area contributed by atoms with Gasteiger partial charge < -0.3 is 5.73 Å². The predicted octanol–water partition coefficient (Wildman–Crippen LogP) is 3.43. The van der Waals surface area contributed by atoms with Crippen molar-refractivity contribution < 1.29 is 26.3 Å². The van der Waals surface area contributed by atoms with E-state index in [0.29, 0.717) is 6.07 Å². The predicted molar refractivity (Wildman–Crippen MR) is 58.9 cm³/mol. The molecule has 1 rings (SSSR count). The van der Waals surface area contributed by atoms with Crippen LogP contribution in [-0.2, 0) is 18.8 Å². The van der Waals surface area contributed by atoms with Crippen LogP contribution in [-0.4, -0.2) is 11.5 Å². The maximum Gasteiger partial charge on any atom is 0.433 e. The van der Waals surface area contributed by atoms with Gasteiger partial charge in [0, 0.05) is 5.69 Å². The van der Waals surface area contributed by atoms with Crippen LogP contribution in [0.3, 0.4) is 0 Å². The van der Waals surface area contributed by atoms with Crippen molar-refractivity contribution in [2.45, 2.75) is 25.2 Å². The third kappa shape index (κ3) is 5.23. The summed E-state index contributed by atoms with van der Waals surface area (Å²) < 4.78 is 74.5. The number of alkyl halides is 6. The summed E-state index contributed by atoms with van der Waals surface area (Å²) in [6, 6.07) is 0.622. The Hall–Kier alpha value is -1.02. The SMILES string of the molecule is Cl.NCCCc1cc(C(F)(F)F)cc(C(F)(F)F)n1. The molecular formula is C10H11ClF6N2. The van der Waals surface area contributed by atoms with Crippen LogP contribution < -0.4 is 5.73 Å². The average Bonchev–Trinajstić information content (AvgIpc) is 2.23. The van der Waals surface area contributed by atoms with E-state index in [4.69, 9.17) is 5.73 Å². The number of hydrogen-bond donors (Lipinski definition) is 1. The Morgan fingerprint density at radius 2 is 1.58 bits per heavy atom. The topological polar surface area (TPSA) is 38.9 Å². The molecule has 0 spiro atoms. The molecule has 1 aromatic rings. The number of aryl methyl sites for hydroxylation is 1. The van der Waals surface area contributed by atoms with E-state index in [2.05, 4.69) is 4.98 Å². The van der Waals surface area contributed by atoms with Gasteiger partial charge >= 0.3 is 12.4 Å². The average molecular weight is 309 g/mol. The van der Waals surface area contributed by atoms with Crippen LogP contribution in [0.2, 0.25) is 0 Å². The Morgan fingerprint density at radius 1 is 1.00 bits per heavy atom. The highest BCUT2D eigenvalue weighted by molar-refractivity contribution is 5.85. The van der Waals surface area contributed by atoms with Crippen LogP contribution >= 0.6 is 12.4 Å². The zero-order valence-corrected chi connectivity index (χ0v) is 10.3. The van der Waals surface area contributed by atoms with Gasteiger partial charge in [0.15, 0.2) is 0 Å². The zero-order valence-electron chi connectivity index (χ0n) is 9.48. The molecule has 0 saturated carbocycles. The summed E-state index contributed by atoms with van der Waals surface area (Å²) in [5.74, 6) is 0. The van der Waals surface area contributed by atoms with Crippen molar-refractivity contribution in [2.75, 3.05) is 6.54 Å². The highest BCUT2D eigenvalue weighted by Gasteiger charge is 2.38. The third-order valence-corrected chi connectivity index (χ3v) is 2.13. The summed E-state index contributed by atoms with van der Waals surface area (Å²) >= 11 is 0. The molecule has 1 aromatic heterocycles. The van der Waals surface area contributed by atoms with Crippen molar-refractivity contribution in [3.05, 3.63) is 29.1 Å². The lowest BCUT2D eigenvalue weighted by Gasteiger charge is -2.13. The molecule has 9 heteroatoms. The van der Waals surface area contributed by atoms with Gasteiger partial charge in [-0.05, 0) is 31.5 Å². The number of rotatable bonds is 3. The molecule has 1 heterocycles. The van der Waals surface area contributed by atoms with E-state index in [1.807, 2.05) is 0 Å². The van der Waals surface area contributed by atoms with Gasteiger partial charge in [0.25, 0.3) is 0 Å². The summed E-state index contributed by atoms with van der Waals surface area (Å²) in [5.41, 5.74) is 2.00. The lowest BCUT2D eigenvalue weighted by Crippen LogP contribution is -2.15. The first-order chi connectivity index (χ1) is 8.14. The van der Waals surface area contributed by atoms with Gasteiger partial charge in [-0.15, -0.1) is 12.4 Å². The zero-order chi connectivity index (χ0) is 14.0. The van der Waals surface area contributed by atoms with E-state index in [1.165, 1.54) is 0 Å². The first kappa shape index (κ1) is 18.0. The second-order valence-corrected chi connectivity index (χ2v) is 3.62. The van der Waals surface area contributed by atoms with E-state index in [9.17, 15) is 26.3 Å². The summed E-state index contributed by atoms with van der Waals surface area (Å²) in [6.45, 7) is 0.166. The quantitative estimate of drug-likeness (QED) is 0.869. The number of nitrogens with zero attached hydrogens (tertiary/aromatic N) is 1. The molecule has 19 heavy (non-hydrogen) atoms. The number of nitrogens with two attached hydrogens (primary N) is 1. The van der Waals surface area contributed by atoms with Crippen LogP contribution in [0, 0.1) is 0 Å². The Kier molecular flexibility index (Phi) is 6.08. The molecule has 0 aliphatic carbocycles. The fraction of sp³-hybridized carbons (Fsp3) is 0.500. The smallest absolute Gasteiger partial charge is 0.330 e. The van der Waals surface area contributed by atoms with Gasteiger partial charge in [0.1, 0.15) is 5.69 Å². The molecule has 0 unspecified atom stereocenters. The Bertz CT molecular complexity index is 383. The Labute approximate surface area is 111 Å². The van der Waals surface area contributed by atoms with Crippen molar-refractivity contribution in [1.29, 1.82) is 0 Å². The monoisotopic (exact) mass is 308 g/mol. The fourth-order valence-corrected chi connectivity index (χ4v) is 1.31. The minimum Gasteiger partial charge on any atom is -0.330 e. The van der Waals surface area contributed by atoms with Crippen LogP contribution in [0.1, 0.15) is 23.4 Å². The maximum atomic E-state index is 12.4. The first-order valence-electron chi connectivity index (χ1n) is 5.00. The third-order valence-electron chi connectivity index (χ3n) is 2.13. The Balaban J connectivity index is 0.00000324. The standard InChI is InChI=1S/C10H10F6N2.ClH/c11-9(12,13)6-4-7(2-1-3-17)18-8(5-6)10(14,15)16;/h4-5H,1-3,17H2;1H. The minimum absolute atomic E-state index is 0. The number of halogens is 7. The van der Waals surface area contributed by atoms with Crippen molar-refractivity contribution >= 4 is 12.4 Å². The molecule has 0 bridgehead atoms. The van der Waals surface area contributed by atoms with E-state index in [1.54, 1.807) is 0 Å². The molecule has 110 valence electrons. The molecule has 0 atom stereocenters. The van der Waals surface area contributed by atoms with Crippen LogP contribution in [0.15, 0.2) is 12.1 Å². The van der Waals surface area contributed by atoms with E-state index >= 15 is 0 Å². The van der Waals surface area contributed by atoms with Gasteiger partial charge in [0.2, 0.25) is 0 Å². The maximum absolute atomic E-state index is 12.4. The van der Waals surface area contributed by atoms with Crippen LogP contribution in [0.5, 0.6) is 0 Å². The van der Waals surface area contributed by atoms with Crippen molar-refractivity contribution in [3.63, 3.8) is 0 Å². The van der Waals surface area contributed by atoms with Gasteiger partial charge in [-0.2, -0.15) is 26.3 Å². The molecule has 2 N–H and O–H groups in total. The summed E-state index contributed by atoms with van der Waals surface area (Å²) in [6.07, 6.45) is -9.49. The van der Waals surface area contributed by atoms with Gasteiger partial charge in [-0.3, -0.25) is 0 Å².